The Morgan fingerprint density at radius 2 is 1.60 bits per heavy atom. The van der Waals surface area contributed by atoms with E-state index in [0.29, 0.717) is 25.6 Å². The van der Waals surface area contributed by atoms with Gasteiger partial charge in [-0.1, -0.05) is 54.6 Å². The third kappa shape index (κ3) is 9.00. The van der Waals surface area contributed by atoms with Crippen molar-refractivity contribution in [2.24, 2.45) is 5.92 Å². The van der Waals surface area contributed by atoms with Crippen molar-refractivity contribution in [2.75, 3.05) is 33.7 Å². The van der Waals surface area contributed by atoms with Crippen LogP contribution in [0.5, 0.6) is 0 Å². The summed E-state index contributed by atoms with van der Waals surface area (Å²) in [5.41, 5.74) is 2.43. The number of carboxylic acids is 3. The second kappa shape index (κ2) is 15.9. The zero-order valence-corrected chi connectivity index (χ0v) is 27.2. The summed E-state index contributed by atoms with van der Waals surface area (Å²) in [4.78, 5) is 54.3. The van der Waals surface area contributed by atoms with E-state index >= 15 is 0 Å². The van der Waals surface area contributed by atoms with Gasteiger partial charge in [0.1, 0.15) is 0 Å². The maximum Gasteiger partial charge on any atom is 0.426 e. The van der Waals surface area contributed by atoms with Crippen molar-refractivity contribution in [1.29, 1.82) is 0 Å². The molecule has 13 heteroatoms. The summed E-state index contributed by atoms with van der Waals surface area (Å²) < 4.78 is 0. The lowest BCUT2D eigenvalue weighted by Crippen LogP contribution is -2.46. The first-order valence-electron chi connectivity index (χ1n) is 15.9. The molecule has 5 rings (SSSR count). The molecule has 1 aromatic heterocycles. The predicted molar refractivity (Wildman–Crippen MR) is 178 cm³/mol. The Morgan fingerprint density at radius 3 is 2.17 bits per heavy atom. The first kappa shape index (κ1) is 36.1. The maximum atomic E-state index is 12.5. The van der Waals surface area contributed by atoms with E-state index in [1.807, 2.05) is 6.07 Å². The van der Waals surface area contributed by atoms with E-state index in [4.69, 9.17) is 25.3 Å². The van der Waals surface area contributed by atoms with Gasteiger partial charge in [-0.2, -0.15) is 0 Å². The molecular weight excluding hydrogens is 620 g/mol. The van der Waals surface area contributed by atoms with Crippen LogP contribution in [-0.4, -0.2) is 98.7 Å². The molecule has 0 atom stereocenters. The monoisotopic (exact) mass is 664 g/mol. The molecule has 1 saturated carbocycles. The Labute approximate surface area is 278 Å². The molecule has 1 aliphatic carbocycles. The largest absolute Gasteiger partial charge is 0.481 e. The van der Waals surface area contributed by atoms with Crippen LogP contribution in [0.25, 0.3) is 16.5 Å². The normalized spacial score (nSPS) is 19.9. The van der Waals surface area contributed by atoms with Crippen LogP contribution in [-0.2, 0) is 24.8 Å². The van der Waals surface area contributed by atoms with Crippen molar-refractivity contribution in [3.63, 3.8) is 0 Å². The molecule has 0 radical (unpaired) electrons. The van der Waals surface area contributed by atoms with E-state index in [0.717, 1.165) is 37.6 Å². The van der Waals surface area contributed by atoms with Gasteiger partial charge in [-0.05, 0) is 69.3 Å². The SMILES string of the molecule is CN(C)C1(c2ccccc2)CCC(CNC(=O)ON2CC=C(c3c[nH]c4ccccc34)CC2)CC1.O=C(O)CC(O)(CC(=O)O)C(=O)O. The van der Waals surface area contributed by atoms with Gasteiger partial charge in [0.15, 0.2) is 5.60 Å². The maximum absolute atomic E-state index is 12.5. The molecule has 0 unspecified atom stereocenters. The highest BCUT2D eigenvalue weighted by molar-refractivity contribution is 5.92. The molecule has 48 heavy (non-hydrogen) atoms. The Morgan fingerprint density at radius 1 is 0.979 bits per heavy atom. The van der Waals surface area contributed by atoms with Gasteiger partial charge in [-0.3, -0.25) is 14.5 Å². The lowest BCUT2D eigenvalue weighted by molar-refractivity contribution is -0.170. The van der Waals surface area contributed by atoms with Crippen molar-refractivity contribution >= 4 is 40.5 Å². The number of hydroxylamine groups is 2. The molecule has 1 fully saturated rings. The number of aromatic nitrogens is 1. The molecule has 258 valence electrons. The Balaban J connectivity index is 0.000000341. The molecule has 2 aliphatic rings. The Kier molecular flexibility index (Phi) is 12.0. The number of H-pyrrole nitrogens is 1. The van der Waals surface area contributed by atoms with E-state index in [1.165, 1.54) is 22.1 Å². The highest BCUT2D eigenvalue weighted by Gasteiger charge is 2.41. The summed E-state index contributed by atoms with van der Waals surface area (Å²) in [7, 11) is 4.36. The third-order valence-corrected chi connectivity index (χ3v) is 9.24. The quantitative estimate of drug-likeness (QED) is 0.171. The summed E-state index contributed by atoms with van der Waals surface area (Å²) in [5, 5.41) is 39.8. The van der Waals surface area contributed by atoms with Crippen LogP contribution in [0.3, 0.4) is 0 Å². The number of carbonyl (C=O) groups is 4. The topological polar surface area (TPSA) is 193 Å². The van der Waals surface area contributed by atoms with Crippen LogP contribution in [0.15, 0.2) is 66.9 Å². The van der Waals surface area contributed by atoms with E-state index in [9.17, 15) is 19.2 Å². The van der Waals surface area contributed by atoms with E-state index in [1.54, 1.807) is 5.06 Å². The zero-order chi connectivity index (χ0) is 34.9. The summed E-state index contributed by atoms with van der Waals surface area (Å²) in [6.07, 6.45) is 6.83. The van der Waals surface area contributed by atoms with Gasteiger partial charge in [0.25, 0.3) is 0 Å². The average Bonchev–Trinajstić information content (AvgIpc) is 3.48. The van der Waals surface area contributed by atoms with Crippen molar-refractivity contribution in [3.05, 3.63) is 78.0 Å². The second-order valence-corrected chi connectivity index (χ2v) is 12.6. The number of nitrogens with one attached hydrogen (secondary N) is 2. The standard InChI is InChI=1S/C29H36N4O2.C6H8O7/c1-32(2)29(24-8-4-3-5-9-24)16-12-22(13-17-29)20-31-28(34)35-33-18-14-23(15-19-33)26-21-30-27-11-7-6-10-25(26)27;7-3(8)1-6(13,5(11)12)2-4(9)10/h3-11,14,21-22,30H,12-13,15-20H2,1-2H3,(H,31,34);13H,1-2H2,(H,7,8)(H,9,10)(H,11,12). The number of fused-ring (bicyclic) bond motifs is 1. The third-order valence-electron chi connectivity index (χ3n) is 9.24. The van der Waals surface area contributed by atoms with Crippen molar-refractivity contribution in [3.8, 4) is 0 Å². The van der Waals surface area contributed by atoms with Gasteiger partial charge in [-0.15, -0.1) is 5.06 Å². The van der Waals surface area contributed by atoms with Crippen LogP contribution in [0.2, 0.25) is 0 Å². The first-order chi connectivity index (χ1) is 22.8. The van der Waals surface area contributed by atoms with Crippen molar-refractivity contribution < 1.29 is 44.4 Å². The summed E-state index contributed by atoms with van der Waals surface area (Å²) in [6, 6.07) is 19.2. The number of aliphatic carboxylic acids is 3. The Hall–Kier alpha value is -4.72. The number of carbonyl (C=O) groups excluding carboxylic acids is 1. The predicted octanol–water partition coefficient (Wildman–Crippen LogP) is 4.30. The van der Waals surface area contributed by atoms with Gasteiger partial charge in [0.05, 0.1) is 19.4 Å². The fraction of sp³-hybridized carbons (Fsp3) is 0.429. The van der Waals surface area contributed by atoms with Crippen LogP contribution in [0.1, 0.15) is 56.1 Å². The number of nitrogens with zero attached hydrogens (tertiary/aromatic N) is 2. The minimum Gasteiger partial charge on any atom is -0.481 e. The summed E-state index contributed by atoms with van der Waals surface area (Å²) in [5.74, 6) is -4.54. The molecule has 1 amide bonds. The number of carboxylic acid groups (broad SMARTS) is 3. The summed E-state index contributed by atoms with van der Waals surface area (Å²) in [6.45, 7) is 1.97. The molecule has 2 aromatic carbocycles. The molecule has 3 aromatic rings. The van der Waals surface area contributed by atoms with Gasteiger partial charge in [0.2, 0.25) is 0 Å². The van der Waals surface area contributed by atoms with E-state index < -0.39 is 36.4 Å². The number of amides is 1. The highest BCUT2D eigenvalue weighted by atomic mass is 16.7. The minimum atomic E-state index is -2.74. The fourth-order valence-electron chi connectivity index (χ4n) is 6.51. The van der Waals surface area contributed by atoms with E-state index in [-0.39, 0.29) is 11.6 Å². The molecule has 13 nitrogen and oxygen atoms in total. The number of para-hydroxylation sites is 1. The first-order valence-corrected chi connectivity index (χ1v) is 15.9. The smallest absolute Gasteiger partial charge is 0.426 e. The zero-order valence-electron chi connectivity index (χ0n) is 27.2. The number of benzene rings is 2. The van der Waals surface area contributed by atoms with E-state index in [2.05, 4.69) is 90.1 Å². The molecule has 0 bridgehead atoms. The lowest BCUT2D eigenvalue weighted by Gasteiger charge is -2.45. The molecular formula is C35H44N4O9. The molecule has 2 heterocycles. The molecule has 1 aliphatic heterocycles. The van der Waals surface area contributed by atoms with Gasteiger partial charge >= 0.3 is 24.0 Å². The number of rotatable bonds is 11. The minimum absolute atomic E-state index is 0.0842. The van der Waals surface area contributed by atoms with Crippen LogP contribution in [0, 0.1) is 5.92 Å². The van der Waals surface area contributed by atoms with Crippen LogP contribution in [0.4, 0.5) is 4.79 Å². The lowest BCUT2D eigenvalue weighted by atomic mass is 9.72. The number of aromatic amines is 1. The molecule has 0 spiro atoms. The fourth-order valence-corrected chi connectivity index (χ4v) is 6.51. The van der Waals surface area contributed by atoms with Gasteiger partial charge < -0.3 is 35.6 Å². The summed E-state index contributed by atoms with van der Waals surface area (Å²) >= 11 is 0. The molecule has 6 N–H and O–H groups in total. The number of hydrogen-bond donors (Lipinski definition) is 6. The number of aliphatic hydroxyl groups is 1. The van der Waals surface area contributed by atoms with Crippen molar-refractivity contribution in [2.45, 2.75) is 56.1 Å². The number of hydrogen-bond acceptors (Lipinski definition) is 8. The van der Waals surface area contributed by atoms with Crippen LogP contribution >= 0.6 is 0 Å². The second-order valence-electron chi connectivity index (χ2n) is 12.6. The van der Waals surface area contributed by atoms with Gasteiger partial charge in [0, 0.05) is 41.3 Å². The highest BCUT2D eigenvalue weighted by Crippen LogP contribution is 2.42. The average molecular weight is 665 g/mol. The molecule has 0 saturated heterocycles. The van der Waals surface area contributed by atoms with Crippen LogP contribution < -0.4 is 5.32 Å². The van der Waals surface area contributed by atoms with Crippen molar-refractivity contribution in [1.82, 2.24) is 20.3 Å². The Bertz CT molecular complexity index is 1590. The van der Waals surface area contributed by atoms with Gasteiger partial charge in [-0.25, -0.2) is 9.59 Å².